The van der Waals surface area contributed by atoms with Gasteiger partial charge in [0, 0.05) is 10.6 Å². The molecule has 0 fully saturated rings. The molecular formula is C17H12Cl2O3. The number of hydrogen-bond donors (Lipinski definition) is 0. The van der Waals surface area contributed by atoms with E-state index in [0.717, 1.165) is 11.1 Å². The van der Waals surface area contributed by atoms with Crippen molar-refractivity contribution in [2.75, 3.05) is 0 Å². The van der Waals surface area contributed by atoms with Gasteiger partial charge in [-0.15, -0.1) is 0 Å². The van der Waals surface area contributed by atoms with E-state index in [0.29, 0.717) is 28.3 Å². The summed E-state index contributed by atoms with van der Waals surface area (Å²) in [5.74, 6) is 0.660. The first-order chi connectivity index (χ1) is 10.6. The van der Waals surface area contributed by atoms with Crippen molar-refractivity contribution in [1.82, 2.24) is 0 Å². The molecule has 0 spiro atoms. The molecule has 0 bridgehead atoms. The fourth-order valence-corrected chi connectivity index (χ4v) is 2.47. The molecule has 1 heterocycles. The minimum atomic E-state index is -0.240. The standard InChI is InChI=1S/C17H12Cl2O3/c1-10-15(21-8-11-2-4-12(18)5-3-11)7-6-13-16(20)14(19)9-22-17(10)13/h2-7,9H,8H2,1H3. The zero-order valence-corrected chi connectivity index (χ0v) is 13.2. The van der Waals surface area contributed by atoms with E-state index >= 15 is 0 Å². The van der Waals surface area contributed by atoms with Crippen LogP contribution in [0.1, 0.15) is 11.1 Å². The Hall–Kier alpha value is -1.97. The van der Waals surface area contributed by atoms with E-state index in [9.17, 15) is 4.79 Å². The van der Waals surface area contributed by atoms with Gasteiger partial charge in [0.05, 0.1) is 5.39 Å². The number of aryl methyl sites for hydroxylation is 1. The minimum Gasteiger partial charge on any atom is -0.488 e. The second-order valence-corrected chi connectivity index (χ2v) is 5.74. The Morgan fingerprint density at radius 2 is 1.82 bits per heavy atom. The van der Waals surface area contributed by atoms with E-state index in [4.69, 9.17) is 32.4 Å². The molecule has 3 nitrogen and oxygen atoms in total. The van der Waals surface area contributed by atoms with Crippen LogP contribution in [0.4, 0.5) is 0 Å². The molecule has 0 saturated heterocycles. The molecule has 3 rings (SSSR count). The number of hydrogen-bond acceptors (Lipinski definition) is 3. The summed E-state index contributed by atoms with van der Waals surface area (Å²) in [6.45, 7) is 2.25. The Labute approximate surface area is 137 Å². The van der Waals surface area contributed by atoms with Crippen LogP contribution in [0, 0.1) is 6.92 Å². The van der Waals surface area contributed by atoms with Gasteiger partial charge in [-0.2, -0.15) is 0 Å². The summed E-state index contributed by atoms with van der Waals surface area (Å²) < 4.78 is 11.2. The van der Waals surface area contributed by atoms with Gasteiger partial charge >= 0.3 is 0 Å². The lowest BCUT2D eigenvalue weighted by atomic mass is 10.1. The van der Waals surface area contributed by atoms with Gasteiger partial charge < -0.3 is 9.15 Å². The van der Waals surface area contributed by atoms with E-state index in [1.165, 1.54) is 6.26 Å². The molecule has 0 N–H and O–H groups in total. The van der Waals surface area contributed by atoms with Crippen LogP contribution < -0.4 is 10.2 Å². The predicted molar refractivity (Wildman–Crippen MR) is 88.0 cm³/mol. The minimum absolute atomic E-state index is 0.0710. The molecule has 5 heteroatoms. The predicted octanol–water partition coefficient (Wildman–Crippen LogP) is 4.99. The Bertz CT molecular complexity index is 883. The summed E-state index contributed by atoms with van der Waals surface area (Å²) in [5.41, 5.74) is 2.01. The smallest absolute Gasteiger partial charge is 0.211 e. The highest BCUT2D eigenvalue weighted by molar-refractivity contribution is 6.31. The number of ether oxygens (including phenoxy) is 1. The topological polar surface area (TPSA) is 39.4 Å². The first kappa shape index (κ1) is 14.9. The molecule has 0 radical (unpaired) electrons. The van der Waals surface area contributed by atoms with Crippen LogP contribution in [0.5, 0.6) is 5.75 Å². The van der Waals surface area contributed by atoms with Gasteiger partial charge in [0.25, 0.3) is 0 Å². The largest absolute Gasteiger partial charge is 0.488 e. The maximum absolute atomic E-state index is 12.0. The molecule has 112 valence electrons. The van der Waals surface area contributed by atoms with Gasteiger partial charge in [0.2, 0.25) is 5.43 Å². The van der Waals surface area contributed by atoms with E-state index in [1.54, 1.807) is 12.1 Å². The van der Waals surface area contributed by atoms with Crippen LogP contribution in [-0.4, -0.2) is 0 Å². The summed E-state index contributed by atoms with van der Waals surface area (Å²) >= 11 is 11.6. The summed E-state index contributed by atoms with van der Waals surface area (Å²) in [6.07, 6.45) is 1.25. The molecule has 1 aromatic heterocycles. The summed E-state index contributed by atoms with van der Waals surface area (Å²) in [6, 6.07) is 10.8. The molecule has 3 aromatic rings. The Balaban J connectivity index is 1.91. The molecule has 0 aliphatic heterocycles. The van der Waals surface area contributed by atoms with Gasteiger partial charge in [-0.1, -0.05) is 35.3 Å². The Morgan fingerprint density at radius 1 is 1.09 bits per heavy atom. The van der Waals surface area contributed by atoms with Crippen molar-refractivity contribution in [2.45, 2.75) is 13.5 Å². The molecule has 0 unspecified atom stereocenters. The van der Waals surface area contributed by atoms with Crippen LogP contribution in [0.3, 0.4) is 0 Å². The van der Waals surface area contributed by atoms with Crippen LogP contribution >= 0.6 is 23.2 Å². The van der Waals surface area contributed by atoms with Crippen molar-refractivity contribution in [3.63, 3.8) is 0 Å². The normalized spacial score (nSPS) is 10.9. The quantitative estimate of drug-likeness (QED) is 0.677. The van der Waals surface area contributed by atoms with E-state index in [1.807, 2.05) is 31.2 Å². The third-order valence-corrected chi connectivity index (χ3v) is 3.92. The fourth-order valence-electron chi connectivity index (χ4n) is 2.20. The van der Waals surface area contributed by atoms with E-state index in [-0.39, 0.29) is 10.5 Å². The van der Waals surface area contributed by atoms with Gasteiger partial charge in [0.15, 0.2) is 0 Å². The van der Waals surface area contributed by atoms with Crippen molar-refractivity contribution in [3.05, 3.63) is 74.1 Å². The second-order valence-electron chi connectivity index (χ2n) is 4.89. The van der Waals surface area contributed by atoms with Crippen LogP contribution in [0.2, 0.25) is 10.0 Å². The van der Waals surface area contributed by atoms with Crippen molar-refractivity contribution in [3.8, 4) is 5.75 Å². The van der Waals surface area contributed by atoms with Crippen molar-refractivity contribution >= 4 is 34.2 Å². The number of benzene rings is 2. The molecule has 2 aromatic carbocycles. The number of rotatable bonds is 3. The zero-order chi connectivity index (χ0) is 15.7. The first-order valence-corrected chi connectivity index (χ1v) is 7.39. The molecule has 22 heavy (non-hydrogen) atoms. The summed E-state index contributed by atoms with van der Waals surface area (Å²) in [4.78, 5) is 12.0. The number of halogens is 2. The third-order valence-electron chi connectivity index (χ3n) is 3.41. The maximum atomic E-state index is 12.0. The van der Waals surface area contributed by atoms with Crippen molar-refractivity contribution in [1.29, 1.82) is 0 Å². The molecule has 0 atom stereocenters. The number of fused-ring (bicyclic) bond motifs is 1. The lowest BCUT2D eigenvalue weighted by Crippen LogP contribution is -2.03. The average Bonchev–Trinajstić information content (AvgIpc) is 2.52. The Kier molecular flexibility index (Phi) is 4.10. The monoisotopic (exact) mass is 334 g/mol. The molecular weight excluding hydrogens is 323 g/mol. The Morgan fingerprint density at radius 3 is 2.55 bits per heavy atom. The SMILES string of the molecule is Cc1c(OCc2ccc(Cl)cc2)ccc2c(=O)c(Cl)coc12. The van der Waals surface area contributed by atoms with Crippen LogP contribution in [0.25, 0.3) is 11.0 Å². The molecule has 0 amide bonds. The first-order valence-electron chi connectivity index (χ1n) is 6.64. The average molecular weight is 335 g/mol. The van der Waals surface area contributed by atoms with Gasteiger partial charge in [0.1, 0.15) is 29.2 Å². The summed E-state index contributed by atoms with van der Waals surface area (Å²) in [5, 5.41) is 1.20. The van der Waals surface area contributed by atoms with Gasteiger partial charge in [-0.25, -0.2) is 0 Å². The molecule has 0 aliphatic rings. The highest BCUT2D eigenvalue weighted by Crippen LogP contribution is 2.27. The summed E-state index contributed by atoms with van der Waals surface area (Å²) in [7, 11) is 0. The van der Waals surface area contributed by atoms with Crippen LogP contribution in [-0.2, 0) is 6.61 Å². The maximum Gasteiger partial charge on any atom is 0.211 e. The fraction of sp³-hybridized carbons (Fsp3) is 0.118. The van der Waals surface area contributed by atoms with Gasteiger partial charge in [-0.3, -0.25) is 4.79 Å². The molecule has 0 aliphatic carbocycles. The van der Waals surface area contributed by atoms with Crippen molar-refractivity contribution < 1.29 is 9.15 Å². The second kappa shape index (κ2) is 6.03. The zero-order valence-electron chi connectivity index (χ0n) is 11.7. The lowest BCUT2D eigenvalue weighted by molar-refractivity contribution is 0.304. The molecule has 0 saturated carbocycles. The van der Waals surface area contributed by atoms with E-state index in [2.05, 4.69) is 0 Å². The highest BCUT2D eigenvalue weighted by Gasteiger charge is 2.11. The lowest BCUT2D eigenvalue weighted by Gasteiger charge is -2.10. The van der Waals surface area contributed by atoms with Crippen molar-refractivity contribution in [2.24, 2.45) is 0 Å². The van der Waals surface area contributed by atoms with Gasteiger partial charge in [-0.05, 0) is 36.8 Å². The van der Waals surface area contributed by atoms with Crippen LogP contribution in [0.15, 0.2) is 51.9 Å². The third kappa shape index (κ3) is 2.82. The van der Waals surface area contributed by atoms with E-state index < -0.39 is 0 Å². The highest BCUT2D eigenvalue weighted by atomic mass is 35.5.